The Labute approximate surface area is 134 Å². The number of hydrogen-bond donors (Lipinski definition) is 2. The molecule has 1 aromatic carbocycles. The van der Waals surface area contributed by atoms with Crippen molar-refractivity contribution in [1.82, 2.24) is 5.32 Å². The predicted molar refractivity (Wildman–Crippen MR) is 86.4 cm³/mol. The average Bonchev–Trinajstić information content (AvgIpc) is 3.15. The van der Waals surface area contributed by atoms with Crippen molar-refractivity contribution < 1.29 is 14.3 Å². The van der Waals surface area contributed by atoms with E-state index < -0.39 is 11.0 Å². The lowest BCUT2D eigenvalue weighted by Gasteiger charge is -2.30. The largest absolute Gasteiger partial charge is 0.387 e. The van der Waals surface area contributed by atoms with Crippen LogP contribution in [0.4, 0.5) is 4.39 Å². The van der Waals surface area contributed by atoms with Crippen LogP contribution in [-0.4, -0.2) is 34.7 Å². The molecule has 1 unspecified atom stereocenters. The van der Waals surface area contributed by atoms with Crippen LogP contribution in [0.3, 0.4) is 0 Å². The summed E-state index contributed by atoms with van der Waals surface area (Å²) >= 11 is 1.71. The minimum absolute atomic E-state index is 0.0686. The lowest BCUT2D eigenvalue weighted by Crippen LogP contribution is -2.49. The average molecular weight is 323 g/mol. The van der Waals surface area contributed by atoms with Gasteiger partial charge >= 0.3 is 0 Å². The molecule has 1 heterocycles. The summed E-state index contributed by atoms with van der Waals surface area (Å²) in [5, 5.41) is 13.3. The smallest absolute Gasteiger partial charge is 0.230 e. The van der Waals surface area contributed by atoms with Crippen LogP contribution in [-0.2, 0) is 10.2 Å². The molecule has 5 heteroatoms. The van der Waals surface area contributed by atoms with Gasteiger partial charge in [0.15, 0.2) is 0 Å². The molecule has 1 aliphatic carbocycles. The number of carbonyl (C=O) groups excluding carboxylic acids is 1. The van der Waals surface area contributed by atoms with Crippen molar-refractivity contribution in [1.29, 1.82) is 0 Å². The van der Waals surface area contributed by atoms with Gasteiger partial charge in [0.25, 0.3) is 0 Å². The standard InChI is InChI=1S/C17H22FNO2S/c18-14-5-3-4-13(10-14)17(6-1-2-7-17)15(20)19-11-16(21)8-9-22-12-16/h3-5,10,21H,1-2,6-9,11-12H2,(H,19,20). The van der Waals surface area contributed by atoms with Gasteiger partial charge in [0.05, 0.1) is 11.0 Å². The molecule has 2 N–H and O–H groups in total. The Morgan fingerprint density at radius 1 is 1.32 bits per heavy atom. The first-order valence-electron chi connectivity index (χ1n) is 7.89. The highest BCUT2D eigenvalue weighted by atomic mass is 32.2. The Kier molecular flexibility index (Phi) is 4.46. The van der Waals surface area contributed by atoms with Crippen LogP contribution in [0.2, 0.25) is 0 Å². The monoisotopic (exact) mass is 323 g/mol. The molecule has 1 aliphatic heterocycles. The number of halogens is 1. The molecule has 0 radical (unpaired) electrons. The predicted octanol–water partition coefficient (Wildman–Crippen LogP) is 2.62. The SMILES string of the molecule is O=C(NCC1(O)CCSC1)C1(c2cccc(F)c2)CCCC1. The number of amides is 1. The lowest BCUT2D eigenvalue weighted by molar-refractivity contribution is -0.127. The molecule has 0 aromatic heterocycles. The number of hydrogen-bond acceptors (Lipinski definition) is 3. The second-order valence-electron chi connectivity index (χ2n) is 6.51. The highest BCUT2D eigenvalue weighted by Gasteiger charge is 2.43. The van der Waals surface area contributed by atoms with E-state index in [0.29, 0.717) is 12.2 Å². The summed E-state index contributed by atoms with van der Waals surface area (Å²) in [6.45, 7) is 0.288. The van der Waals surface area contributed by atoms with E-state index in [9.17, 15) is 14.3 Å². The number of nitrogens with one attached hydrogen (secondary N) is 1. The Bertz CT molecular complexity index is 551. The van der Waals surface area contributed by atoms with Gasteiger partial charge in [-0.15, -0.1) is 0 Å². The molecule has 1 aromatic rings. The van der Waals surface area contributed by atoms with Gasteiger partial charge in [-0.1, -0.05) is 25.0 Å². The zero-order valence-corrected chi connectivity index (χ0v) is 13.4. The summed E-state index contributed by atoms with van der Waals surface area (Å²) in [5.74, 6) is 1.23. The first-order valence-corrected chi connectivity index (χ1v) is 9.04. The van der Waals surface area contributed by atoms with E-state index in [1.54, 1.807) is 17.8 Å². The molecule has 1 saturated heterocycles. The molecule has 120 valence electrons. The summed E-state index contributed by atoms with van der Waals surface area (Å²) in [5.41, 5.74) is -0.665. The quantitative estimate of drug-likeness (QED) is 0.895. The topological polar surface area (TPSA) is 49.3 Å². The maximum atomic E-state index is 13.6. The Morgan fingerprint density at radius 2 is 2.09 bits per heavy atom. The van der Waals surface area contributed by atoms with Crippen LogP contribution < -0.4 is 5.32 Å². The highest BCUT2D eigenvalue weighted by Crippen LogP contribution is 2.41. The van der Waals surface area contributed by atoms with Gasteiger partial charge in [0, 0.05) is 12.3 Å². The van der Waals surface area contributed by atoms with Gasteiger partial charge in [-0.05, 0) is 42.7 Å². The Morgan fingerprint density at radius 3 is 2.73 bits per heavy atom. The number of thioether (sulfide) groups is 1. The van der Waals surface area contributed by atoms with E-state index in [1.807, 2.05) is 6.07 Å². The second kappa shape index (κ2) is 6.20. The fourth-order valence-electron chi connectivity index (χ4n) is 3.56. The van der Waals surface area contributed by atoms with Crippen molar-refractivity contribution in [2.24, 2.45) is 0 Å². The third kappa shape index (κ3) is 3.01. The molecule has 0 spiro atoms. The zero-order chi connectivity index (χ0) is 15.6. The molecule has 1 saturated carbocycles. The van der Waals surface area contributed by atoms with Gasteiger partial charge in [0.2, 0.25) is 5.91 Å². The molecule has 22 heavy (non-hydrogen) atoms. The number of carbonyl (C=O) groups is 1. The van der Waals surface area contributed by atoms with E-state index in [2.05, 4.69) is 5.32 Å². The first-order chi connectivity index (χ1) is 10.5. The molecule has 2 aliphatic rings. The second-order valence-corrected chi connectivity index (χ2v) is 7.61. The van der Waals surface area contributed by atoms with E-state index in [4.69, 9.17) is 0 Å². The third-order valence-electron chi connectivity index (χ3n) is 4.93. The molecule has 1 amide bonds. The van der Waals surface area contributed by atoms with E-state index in [1.165, 1.54) is 12.1 Å². The minimum Gasteiger partial charge on any atom is -0.387 e. The fourth-order valence-corrected chi connectivity index (χ4v) is 4.86. The van der Waals surface area contributed by atoms with Crippen molar-refractivity contribution in [2.75, 3.05) is 18.1 Å². The molecule has 2 fully saturated rings. The van der Waals surface area contributed by atoms with Crippen LogP contribution in [0.1, 0.15) is 37.7 Å². The van der Waals surface area contributed by atoms with Crippen LogP contribution in [0, 0.1) is 5.82 Å². The maximum absolute atomic E-state index is 13.6. The van der Waals surface area contributed by atoms with Gasteiger partial charge in [-0.25, -0.2) is 4.39 Å². The van der Waals surface area contributed by atoms with Crippen LogP contribution >= 0.6 is 11.8 Å². The summed E-state index contributed by atoms with van der Waals surface area (Å²) in [4.78, 5) is 12.8. The summed E-state index contributed by atoms with van der Waals surface area (Å²) < 4.78 is 13.6. The fraction of sp³-hybridized carbons (Fsp3) is 0.588. The van der Waals surface area contributed by atoms with Gasteiger partial charge < -0.3 is 10.4 Å². The number of aliphatic hydroxyl groups is 1. The number of benzene rings is 1. The molecule has 1 atom stereocenters. The summed E-state index contributed by atoms with van der Waals surface area (Å²) in [7, 11) is 0. The van der Waals surface area contributed by atoms with Crippen molar-refractivity contribution in [2.45, 2.75) is 43.1 Å². The van der Waals surface area contributed by atoms with Gasteiger partial charge in [-0.2, -0.15) is 11.8 Å². The van der Waals surface area contributed by atoms with Crippen LogP contribution in [0.5, 0.6) is 0 Å². The first kappa shape index (κ1) is 15.8. The summed E-state index contributed by atoms with van der Waals surface area (Å²) in [6.07, 6.45) is 4.16. The van der Waals surface area contributed by atoms with Crippen molar-refractivity contribution >= 4 is 17.7 Å². The zero-order valence-electron chi connectivity index (χ0n) is 12.6. The van der Waals surface area contributed by atoms with E-state index in [0.717, 1.165) is 37.0 Å². The van der Waals surface area contributed by atoms with Crippen LogP contribution in [0.15, 0.2) is 24.3 Å². The normalized spacial score (nSPS) is 27.0. The van der Waals surface area contributed by atoms with E-state index >= 15 is 0 Å². The minimum atomic E-state index is -0.790. The highest BCUT2D eigenvalue weighted by molar-refractivity contribution is 7.99. The van der Waals surface area contributed by atoms with Gasteiger partial charge in [0.1, 0.15) is 5.82 Å². The Balaban J connectivity index is 1.77. The molecule has 3 rings (SSSR count). The van der Waals surface area contributed by atoms with Crippen molar-refractivity contribution in [3.63, 3.8) is 0 Å². The molecular formula is C17H22FNO2S. The molecular weight excluding hydrogens is 301 g/mol. The van der Waals surface area contributed by atoms with Crippen molar-refractivity contribution in [3.05, 3.63) is 35.6 Å². The molecule has 0 bridgehead atoms. The van der Waals surface area contributed by atoms with Crippen LogP contribution in [0.25, 0.3) is 0 Å². The van der Waals surface area contributed by atoms with Crippen molar-refractivity contribution in [3.8, 4) is 0 Å². The number of rotatable bonds is 4. The summed E-state index contributed by atoms with van der Waals surface area (Å²) in [6, 6.07) is 6.39. The Hall–Kier alpha value is -1.07. The third-order valence-corrected chi connectivity index (χ3v) is 6.16. The lowest BCUT2D eigenvalue weighted by atomic mass is 9.78. The van der Waals surface area contributed by atoms with E-state index in [-0.39, 0.29) is 18.3 Å². The maximum Gasteiger partial charge on any atom is 0.230 e. The van der Waals surface area contributed by atoms with Gasteiger partial charge in [-0.3, -0.25) is 4.79 Å². The molecule has 3 nitrogen and oxygen atoms in total.